The summed E-state index contributed by atoms with van der Waals surface area (Å²) in [6.07, 6.45) is 0. The molecule has 0 aromatic heterocycles. The Morgan fingerprint density at radius 2 is 1.71 bits per heavy atom. The number of hydrogen-bond donors (Lipinski definition) is 1. The molecule has 0 unspecified atom stereocenters. The van der Waals surface area contributed by atoms with Gasteiger partial charge in [-0.1, -0.05) is 54.4 Å². The predicted octanol–water partition coefficient (Wildman–Crippen LogP) is 5.31. The van der Waals surface area contributed by atoms with Crippen LogP contribution in [0.15, 0.2) is 40.9 Å². The predicted molar refractivity (Wildman–Crippen MR) is 92.0 cm³/mol. The highest BCUT2D eigenvalue weighted by atomic mass is 79.9. The first-order valence-electron chi connectivity index (χ1n) is 7.09. The van der Waals surface area contributed by atoms with Gasteiger partial charge in [0.1, 0.15) is 11.5 Å². The van der Waals surface area contributed by atoms with Crippen LogP contribution in [0.1, 0.15) is 37.5 Å². The summed E-state index contributed by atoms with van der Waals surface area (Å²) in [5, 5.41) is 0. The minimum absolute atomic E-state index is 0.0274. The molecule has 0 spiro atoms. The first kappa shape index (κ1) is 16.1. The molecule has 0 aliphatic carbocycles. The molecule has 3 heteroatoms. The van der Waals surface area contributed by atoms with Gasteiger partial charge in [-0.15, -0.1) is 0 Å². The lowest BCUT2D eigenvalue weighted by Crippen LogP contribution is -2.13. The van der Waals surface area contributed by atoms with E-state index in [4.69, 9.17) is 10.5 Å². The maximum Gasteiger partial charge on any atom is 0.132 e. The van der Waals surface area contributed by atoms with Crippen molar-refractivity contribution in [1.82, 2.24) is 0 Å². The van der Waals surface area contributed by atoms with Crippen LogP contribution in [-0.4, -0.2) is 0 Å². The first-order chi connectivity index (χ1) is 9.81. The van der Waals surface area contributed by atoms with Crippen LogP contribution in [0.5, 0.6) is 11.5 Å². The Balaban J connectivity index is 2.45. The largest absolute Gasteiger partial charge is 0.457 e. The molecule has 0 amide bonds. The number of aryl methyl sites for hydroxylation is 1. The van der Waals surface area contributed by atoms with Gasteiger partial charge in [-0.2, -0.15) is 0 Å². The van der Waals surface area contributed by atoms with Crippen molar-refractivity contribution in [3.63, 3.8) is 0 Å². The van der Waals surface area contributed by atoms with Gasteiger partial charge in [-0.25, -0.2) is 0 Å². The lowest BCUT2D eigenvalue weighted by molar-refractivity contribution is 0.450. The van der Waals surface area contributed by atoms with Crippen LogP contribution in [-0.2, 0) is 12.0 Å². The molecule has 2 N–H and O–H groups in total. The number of ether oxygens (including phenoxy) is 1. The van der Waals surface area contributed by atoms with E-state index in [1.807, 2.05) is 24.3 Å². The van der Waals surface area contributed by atoms with Crippen molar-refractivity contribution >= 4 is 15.9 Å². The summed E-state index contributed by atoms with van der Waals surface area (Å²) in [5.74, 6) is 1.71. The molecule has 2 rings (SSSR count). The van der Waals surface area contributed by atoms with Gasteiger partial charge < -0.3 is 10.5 Å². The van der Waals surface area contributed by atoms with Gasteiger partial charge in [0.05, 0.1) is 0 Å². The summed E-state index contributed by atoms with van der Waals surface area (Å²) in [4.78, 5) is 0. The lowest BCUT2D eigenvalue weighted by Gasteiger charge is -2.24. The Labute approximate surface area is 135 Å². The summed E-state index contributed by atoms with van der Waals surface area (Å²) in [7, 11) is 0. The SMILES string of the molecule is Cc1ccc(Oc2ccc(Br)cc2CN)c(C(C)(C)C)c1. The Hall–Kier alpha value is -1.32. The van der Waals surface area contributed by atoms with E-state index in [1.165, 1.54) is 11.1 Å². The maximum atomic E-state index is 6.17. The summed E-state index contributed by atoms with van der Waals surface area (Å²) < 4.78 is 7.18. The minimum Gasteiger partial charge on any atom is -0.457 e. The van der Waals surface area contributed by atoms with Crippen molar-refractivity contribution in [2.24, 2.45) is 5.73 Å². The van der Waals surface area contributed by atoms with Gasteiger partial charge in [0.25, 0.3) is 0 Å². The third-order valence-corrected chi connectivity index (χ3v) is 3.90. The average Bonchev–Trinajstić information content (AvgIpc) is 2.41. The fraction of sp³-hybridized carbons (Fsp3) is 0.333. The smallest absolute Gasteiger partial charge is 0.132 e. The Morgan fingerprint density at radius 1 is 1.05 bits per heavy atom. The third kappa shape index (κ3) is 3.86. The standard InChI is InChI=1S/C18H22BrNO/c1-12-5-7-17(15(9-12)18(2,3)4)21-16-8-6-14(19)10-13(16)11-20/h5-10H,11,20H2,1-4H3. The highest BCUT2D eigenvalue weighted by Crippen LogP contribution is 2.36. The number of halogens is 1. The second kappa shape index (κ2) is 6.20. The third-order valence-electron chi connectivity index (χ3n) is 3.41. The number of hydrogen-bond acceptors (Lipinski definition) is 2. The molecule has 21 heavy (non-hydrogen) atoms. The van der Waals surface area contributed by atoms with Crippen molar-refractivity contribution in [1.29, 1.82) is 0 Å². The van der Waals surface area contributed by atoms with Crippen LogP contribution in [0, 0.1) is 6.92 Å². The van der Waals surface area contributed by atoms with E-state index >= 15 is 0 Å². The van der Waals surface area contributed by atoms with Crippen molar-refractivity contribution in [3.8, 4) is 11.5 Å². The fourth-order valence-electron chi connectivity index (χ4n) is 2.24. The van der Waals surface area contributed by atoms with Crippen molar-refractivity contribution < 1.29 is 4.74 Å². The van der Waals surface area contributed by atoms with E-state index < -0.39 is 0 Å². The van der Waals surface area contributed by atoms with E-state index in [0.29, 0.717) is 6.54 Å². The molecule has 0 atom stereocenters. The summed E-state index contributed by atoms with van der Waals surface area (Å²) in [6, 6.07) is 12.2. The molecule has 0 radical (unpaired) electrons. The maximum absolute atomic E-state index is 6.17. The molecular weight excluding hydrogens is 326 g/mol. The van der Waals surface area contributed by atoms with Crippen LogP contribution in [0.2, 0.25) is 0 Å². The quantitative estimate of drug-likeness (QED) is 0.816. The van der Waals surface area contributed by atoms with Crippen LogP contribution in [0.25, 0.3) is 0 Å². The zero-order valence-corrected chi connectivity index (χ0v) is 14.6. The van der Waals surface area contributed by atoms with Gasteiger partial charge in [0.15, 0.2) is 0 Å². The topological polar surface area (TPSA) is 35.2 Å². The Bertz CT molecular complexity index is 644. The molecule has 2 aromatic rings. The highest BCUT2D eigenvalue weighted by Gasteiger charge is 2.20. The minimum atomic E-state index is 0.0274. The van der Waals surface area contributed by atoms with Crippen molar-refractivity contribution in [3.05, 3.63) is 57.6 Å². The lowest BCUT2D eigenvalue weighted by atomic mass is 9.85. The number of nitrogens with two attached hydrogens (primary N) is 1. The van der Waals surface area contributed by atoms with Crippen LogP contribution in [0.3, 0.4) is 0 Å². The zero-order valence-electron chi connectivity index (χ0n) is 13.0. The molecule has 0 bridgehead atoms. The van der Waals surface area contributed by atoms with Crippen LogP contribution < -0.4 is 10.5 Å². The molecule has 0 saturated heterocycles. The van der Waals surface area contributed by atoms with E-state index in [1.54, 1.807) is 0 Å². The van der Waals surface area contributed by atoms with Crippen LogP contribution in [0.4, 0.5) is 0 Å². The van der Waals surface area contributed by atoms with Crippen LogP contribution >= 0.6 is 15.9 Å². The van der Waals surface area contributed by atoms with E-state index in [0.717, 1.165) is 21.5 Å². The molecule has 0 aliphatic rings. The molecule has 2 nitrogen and oxygen atoms in total. The number of benzene rings is 2. The molecule has 0 fully saturated rings. The van der Waals surface area contributed by atoms with Gasteiger partial charge in [-0.05, 0) is 36.6 Å². The highest BCUT2D eigenvalue weighted by molar-refractivity contribution is 9.10. The van der Waals surface area contributed by atoms with Gasteiger partial charge in [-0.3, -0.25) is 0 Å². The summed E-state index contributed by atoms with van der Waals surface area (Å²) in [6.45, 7) is 9.13. The van der Waals surface area contributed by atoms with E-state index in [9.17, 15) is 0 Å². The Kier molecular flexibility index (Phi) is 4.74. The average molecular weight is 348 g/mol. The zero-order chi connectivity index (χ0) is 15.6. The molecule has 112 valence electrons. The molecule has 0 aliphatic heterocycles. The number of rotatable bonds is 3. The Morgan fingerprint density at radius 3 is 2.33 bits per heavy atom. The second-order valence-electron chi connectivity index (χ2n) is 6.31. The first-order valence-corrected chi connectivity index (χ1v) is 7.88. The van der Waals surface area contributed by atoms with Gasteiger partial charge in [0.2, 0.25) is 0 Å². The fourth-order valence-corrected chi connectivity index (χ4v) is 2.65. The molecule has 0 heterocycles. The summed E-state index contributed by atoms with van der Waals surface area (Å²) >= 11 is 3.47. The normalized spacial score (nSPS) is 11.5. The van der Waals surface area contributed by atoms with Crippen molar-refractivity contribution in [2.45, 2.75) is 39.7 Å². The summed E-state index contributed by atoms with van der Waals surface area (Å²) in [5.41, 5.74) is 9.28. The van der Waals surface area contributed by atoms with Crippen molar-refractivity contribution in [2.75, 3.05) is 0 Å². The van der Waals surface area contributed by atoms with Gasteiger partial charge in [0, 0.05) is 22.1 Å². The van der Waals surface area contributed by atoms with E-state index in [2.05, 4.69) is 55.8 Å². The van der Waals surface area contributed by atoms with Gasteiger partial charge >= 0.3 is 0 Å². The molecule has 2 aromatic carbocycles. The van der Waals surface area contributed by atoms with E-state index in [-0.39, 0.29) is 5.41 Å². The molecule has 0 saturated carbocycles. The second-order valence-corrected chi connectivity index (χ2v) is 7.22. The monoisotopic (exact) mass is 347 g/mol. The molecular formula is C18H22BrNO.